The van der Waals surface area contributed by atoms with E-state index >= 15 is 0 Å². The van der Waals surface area contributed by atoms with Gasteiger partial charge in [-0.25, -0.2) is 0 Å². The maximum Gasteiger partial charge on any atom is 0.0936 e. The van der Waals surface area contributed by atoms with Gasteiger partial charge >= 0.3 is 0 Å². The summed E-state index contributed by atoms with van der Waals surface area (Å²) in [5, 5.41) is 9.96. The summed E-state index contributed by atoms with van der Waals surface area (Å²) < 4.78 is 5.47. The molecule has 0 aromatic heterocycles. The van der Waals surface area contributed by atoms with Gasteiger partial charge in [0.25, 0.3) is 0 Å². The van der Waals surface area contributed by atoms with Crippen LogP contribution in [0.2, 0.25) is 0 Å². The largest absolute Gasteiger partial charge is 0.390 e. The number of allylic oxidation sites excluding steroid dienone is 1. The van der Waals surface area contributed by atoms with Crippen LogP contribution in [0.4, 0.5) is 0 Å². The fraction of sp³-hybridized carbons (Fsp3) is 0.818. The Morgan fingerprint density at radius 2 is 2.15 bits per heavy atom. The summed E-state index contributed by atoms with van der Waals surface area (Å²) in [6, 6.07) is 0. The molecule has 0 saturated heterocycles. The molecule has 1 N–H and O–H groups in total. The highest BCUT2D eigenvalue weighted by Gasteiger charge is 2.40. The molecule has 2 nitrogen and oxygen atoms in total. The third-order valence-corrected chi connectivity index (χ3v) is 3.11. The van der Waals surface area contributed by atoms with E-state index in [1.807, 2.05) is 6.08 Å². The third kappa shape index (κ3) is 2.32. The van der Waals surface area contributed by atoms with Crippen LogP contribution in [-0.2, 0) is 4.74 Å². The average Bonchev–Trinajstić information content (AvgIpc) is 2.63. The fourth-order valence-electron chi connectivity index (χ4n) is 2.19. The van der Waals surface area contributed by atoms with Gasteiger partial charge in [0.2, 0.25) is 0 Å². The highest BCUT2D eigenvalue weighted by atomic mass is 16.5. The number of aliphatic hydroxyl groups is 1. The smallest absolute Gasteiger partial charge is 0.0936 e. The van der Waals surface area contributed by atoms with Crippen LogP contribution < -0.4 is 0 Å². The molecule has 0 aliphatic heterocycles. The second-order valence-corrected chi connectivity index (χ2v) is 3.86. The van der Waals surface area contributed by atoms with E-state index in [1.54, 1.807) is 7.11 Å². The third-order valence-electron chi connectivity index (χ3n) is 3.11. The maximum absolute atomic E-state index is 9.96. The molecule has 2 heteroatoms. The minimum absolute atomic E-state index is 0.247. The van der Waals surface area contributed by atoms with Crippen molar-refractivity contribution in [2.24, 2.45) is 0 Å². The molecular weight excluding hydrogens is 164 g/mol. The predicted octanol–water partition coefficient (Wildman–Crippen LogP) is 2.27. The molecule has 1 rings (SSSR count). The lowest BCUT2D eigenvalue weighted by Gasteiger charge is -2.32. The zero-order valence-corrected chi connectivity index (χ0v) is 8.46. The van der Waals surface area contributed by atoms with Crippen molar-refractivity contribution in [3.8, 4) is 0 Å². The van der Waals surface area contributed by atoms with E-state index in [9.17, 15) is 5.11 Å². The van der Waals surface area contributed by atoms with Crippen LogP contribution >= 0.6 is 0 Å². The van der Waals surface area contributed by atoms with Gasteiger partial charge in [-0.05, 0) is 25.7 Å². The van der Waals surface area contributed by atoms with Crippen molar-refractivity contribution in [2.45, 2.75) is 50.2 Å². The molecule has 1 fully saturated rings. The Hall–Kier alpha value is -0.340. The van der Waals surface area contributed by atoms with Crippen molar-refractivity contribution in [1.82, 2.24) is 0 Å². The molecule has 1 unspecified atom stereocenters. The lowest BCUT2D eigenvalue weighted by molar-refractivity contribution is -0.0999. The Morgan fingerprint density at radius 3 is 2.62 bits per heavy atom. The lowest BCUT2D eigenvalue weighted by atomic mass is 9.91. The quantitative estimate of drug-likeness (QED) is 0.664. The van der Waals surface area contributed by atoms with Gasteiger partial charge in [-0.15, -0.1) is 6.58 Å². The van der Waals surface area contributed by atoms with Gasteiger partial charge in [0, 0.05) is 7.11 Å². The van der Waals surface area contributed by atoms with Crippen molar-refractivity contribution in [2.75, 3.05) is 7.11 Å². The molecule has 1 aliphatic rings. The molecule has 0 amide bonds. The minimum atomic E-state index is -0.321. The lowest BCUT2D eigenvalue weighted by Crippen LogP contribution is -2.41. The van der Waals surface area contributed by atoms with E-state index in [1.165, 1.54) is 12.8 Å². The van der Waals surface area contributed by atoms with Crippen LogP contribution in [0, 0.1) is 0 Å². The van der Waals surface area contributed by atoms with Gasteiger partial charge in [-0.3, -0.25) is 0 Å². The summed E-state index contributed by atoms with van der Waals surface area (Å²) in [7, 11) is 1.71. The second-order valence-electron chi connectivity index (χ2n) is 3.86. The summed E-state index contributed by atoms with van der Waals surface area (Å²) in [6.07, 6.45) is 7.53. The van der Waals surface area contributed by atoms with Gasteiger partial charge in [0.05, 0.1) is 11.7 Å². The van der Waals surface area contributed by atoms with Crippen LogP contribution in [-0.4, -0.2) is 23.9 Å². The molecule has 0 heterocycles. The van der Waals surface area contributed by atoms with Crippen LogP contribution in [0.15, 0.2) is 12.7 Å². The Kier molecular flexibility index (Phi) is 3.94. The highest BCUT2D eigenvalue weighted by Crippen LogP contribution is 2.37. The van der Waals surface area contributed by atoms with Crippen LogP contribution in [0.3, 0.4) is 0 Å². The van der Waals surface area contributed by atoms with Crippen LogP contribution in [0.5, 0.6) is 0 Å². The molecule has 1 saturated carbocycles. The summed E-state index contributed by atoms with van der Waals surface area (Å²) in [4.78, 5) is 0. The normalized spacial score (nSPS) is 22.9. The Labute approximate surface area is 80.6 Å². The topological polar surface area (TPSA) is 29.5 Å². The standard InChI is InChI=1S/C11H20O2/c1-3-4-7-10(12)11(13-2)8-5-6-9-11/h3,10,12H,1,4-9H2,2H3. The molecule has 0 radical (unpaired) electrons. The molecule has 1 aliphatic carbocycles. The minimum Gasteiger partial charge on any atom is -0.390 e. The van der Waals surface area contributed by atoms with Crippen molar-refractivity contribution in [1.29, 1.82) is 0 Å². The first-order chi connectivity index (χ1) is 6.25. The van der Waals surface area contributed by atoms with E-state index in [-0.39, 0.29) is 11.7 Å². The van der Waals surface area contributed by atoms with Crippen LogP contribution in [0.1, 0.15) is 38.5 Å². The summed E-state index contributed by atoms with van der Waals surface area (Å²) in [5.74, 6) is 0. The number of aliphatic hydroxyl groups excluding tert-OH is 1. The Balaban J connectivity index is 2.48. The van der Waals surface area contributed by atoms with Gasteiger partial charge in [-0.1, -0.05) is 18.9 Å². The number of ether oxygens (including phenoxy) is 1. The summed E-state index contributed by atoms with van der Waals surface area (Å²) in [6.45, 7) is 3.66. The molecule has 13 heavy (non-hydrogen) atoms. The van der Waals surface area contributed by atoms with Crippen LogP contribution in [0.25, 0.3) is 0 Å². The molecule has 0 aromatic rings. The predicted molar refractivity (Wildman–Crippen MR) is 53.6 cm³/mol. The molecule has 76 valence electrons. The molecule has 0 bridgehead atoms. The van der Waals surface area contributed by atoms with Gasteiger partial charge in [-0.2, -0.15) is 0 Å². The number of rotatable bonds is 5. The monoisotopic (exact) mass is 184 g/mol. The first-order valence-electron chi connectivity index (χ1n) is 5.09. The van der Waals surface area contributed by atoms with Crippen molar-refractivity contribution in [3.63, 3.8) is 0 Å². The molecule has 0 spiro atoms. The number of methoxy groups -OCH3 is 1. The molecule has 1 atom stereocenters. The average molecular weight is 184 g/mol. The molecular formula is C11H20O2. The van der Waals surface area contributed by atoms with E-state index in [0.717, 1.165) is 25.7 Å². The Morgan fingerprint density at radius 1 is 1.54 bits per heavy atom. The van der Waals surface area contributed by atoms with E-state index in [0.29, 0.717) is 0 Å². The summed E-state index contributed by atoms with van der Waals surface area (Å²) in [5.41, 5.74) is -0.247. The van der Waals surface area contributed by atoms with Crippen molar-refractivity contribution >= 4 is 0 Å². The number of hydrogen-bond donors (Lipinski definition) is 1. The Bertz CT molecular complexity index is 159. The molecule has 0 aromatic carbocycles. The second kappa shape index (κ2) is 4.77. The van der Waals surface area contributed by atoms with E-state index in [2.05, 4.69) is 6.58 Å². The first-order valence-corrected chi connectivity index (χ1v) is 5.09. The summed E-state index contributed by atoms with van der Waals surface area (Å²) >= 11 is 0. The van der Waals surface area contributed by atoms with Gasteiger partial charge in [0.1, 0.15) is 0 Å². The fourth-order valence-corrected chi connectivity index (χ4v) is 2.19. The van der Waals surface area contributed by atoms with Gasteiger partial charge in [0.15, 0.2) is 0 Å². The van der Waals surface area contributed by atoms with Gasteiger partial charge < -0.3 is 9.84 Å². The van der Waals surface area contributed by atoms with E-state index < -0.39 is 0 Å². The zero-order valence-electron chi connectivity index (χ0n) is 8.46. The SMILES string of the molecule is C=CCCC(O)C1(OC)CCCC1. The first kappa shape index (κ1) is 10.7. The zero-order chi connectivity index (χ0) is 9.73. The van der Waals surface area contributed by atoms with Crippen molar-refractivity contribution in [3.05, 3.63) is 12.7 Å². The van der Waals surface area contributed by atoms with E-state index in [4.69, 9.17) is 4.74 Å². The highest BCUT2D eigenvalue weighted by molar-refractivity contribution is 4.93. The van der Waals surface area contributed by atoms with Crippen molar-refractivity contribution < 1.29 is 9.84 Å². The maximum atomic E-state index is 9.96. The number of hydrogen-bond acceptors (Lipinski definition) is 2.